The summed E-state index contributed by atoms with van der Waals surface area (Å²) >= 11 is 3.56. The molecule has 0 spiro atoms. The zero-order valence-corrected chi connectivity index (χ0v) is 12.8. The van der Waals surface area contributed by atoms with Gasteiger partial charge in [0.2, 0.25) is 0 Å². The van der Waals surface area contributed by atoms with Crippen LogP contribution < -0.4 is 5.73 Å². The van der Waals surface area contributed by atoms with Crippen LogP contribution in [0.1, 0.15) is 22.7 Å². The van der Waals surface area contributed by atoms with E-state index < -0.39 is 0 Å². The maximum absolute atomic E-state index is 6.44. The summed E-state index contributed by atoms with van der Waals surface area (Å²) < 4.78 is 1.09. The number of nitrogens with two attached hydrogens (primary N) is 1. The molecule has 2 aromatic carbocycles. The summed E-state index contributed by atoms with van der Waals surface area (Å²) in [5.41, 5.74) is 10.9. The minimum Gasteiger partial charge on any atom is -0.320 e. The van der Waals surface area contributed by atoms with E-state index in [1.54, 1.807) is 6.20 Å². The van der Waals surface area contributed by atoms with E-state index in [2.05, 4.69) is 52.1 Å². The van der Waals surface area contributed by atoms with E-state index in [4.69, 9.17) is 5.73 Å². The third-order valence-corrected chi connectivity index (χ3v) is 4.49. The van der Waals surface area contributed by atoms with Crippen LogP contribution in [-0.2, 0) is 0 Å². The first-order chi connectivity index (χ1) is 9.66. The molecule has 0 amide bonds. The molecule has 3 heteroatoms. The Kier molecular flexibility index (Phi) is 3.55. The summed E-state index contributed by atoms with van der Waals surface area (Å²) in [5, 5.41) is 1.12. The summed E-state index contributed by atoms with van der Waals surface area (Å²) in [6, 6.07) is 16.2. The Hall–Kier alpha value is -1.71. The Bertz CT molecular complexity index is 768. The molecule has 0 saturated heterocycles. The fourth-order valence-corrected chi connectivity index (χ4v) is 2.81. The quantitative estimate of drug-likeness (QED) is 0.760. The van der Waals surface area contributed by atoms with Crippen molar-refractivity contribution in [3.8, 4) is 0 Å². The molecule has 1 atom stereocenters. The molecule has 100 valence electrons. The molecule has 0 aliphatic carbocycles. The Labute approximate surface area is 126 Å². The highest BCUT2D eigenvalue weighted by molar-refractivity contribution is 9.10. The van der Waals surface area contributed by atoms with Crippen LogP contribution in [0.2, 0.25) is 0 Å². The van der Waals surface area contributed by atoms with Crippen LogP contribution in [0.4, 0.5) is 0 Å². The lowest BCUT2D eigenvalue weighted by molar-refractivity contribution is 0.862. The molecule has 0 bridgehead atoms. The summed E-state index contributed by atoms with van der Waals surface area (Å²) in [5.74, 6) is 0. The number of halogens is 1. The minimum absolute atomic E-state index is 0.128. The molecular weight excluding hydrogens is 312 g/mol. The lowest BCUT2D eigenvalue weighted by Gasteiger charge is -2.16. The van der Waals surface area contributed by atoms with Crippen molar-refractivity contribution in [3.05, 3.63) is 75.9 Å². The second-order valence-corrected chi connectivity index (χ2v) is 5.74. The molecule has 2 nitrogen and oxygen atoms in total. The maximum Gasteiger partial charge on any atom is 0.0702 e. The molecule has 1 aromatic heterocycles. The number of fused-ring (bicyclic) bond motifs is 1. The molecule has 20 heavy (non-hydrogen) atoms. The molecule has 0 radical (unpaired) electrons. The highest BCUT2D eigenvalue weighted by Gasteiger charge is 2.13. The predicted molar refractivity (Wildman–Crippen MR) is 86.7 cm³/mol. The molecule has 1 unspecified atom stereocenters. The van der Waals surface area contributed by atoms with Gasteiger partial charge in [-0.3, -0.25) is 4.98 Å². The average Bonchev–Trinajstić information content (AvgIpc) is 2.49. The third kappa shape index (κ3) is 2.35. The molecule has 0 aliphatic rings. The molecule has 0 fully saturated rings. The largest absolute Gasteiger partial charge is 0.320 e. The van der Waals surface area contributed by atoms with Gasteiger partial charge < -0.3 is 5.73 Å². The van der Waals surface area contributed by atoms with Crippen molar-refractivity contribution in [2.24, 2.45) is 5.73 Å². The van der Waals surface area contributed by atoms with Gasteiger partial charge in [0, 0.05) is 16.1 Å². The second-order valence-electron chi connectivity index (χ2n) is 4.89. The summed E-state index contributed by atoms with van der Waals surface area (Å²) in [6.45, 7) is 2.09. The van der Waals surface area contributed by atoms with Crippen molar-refractivity contribution in [1.29, 1.82) is 0 Å². The van der Waals surface area contributed by atoms with E-state index >= 15 is 0 Å². The number of aromatic nitrogens is 1. The van der Waals surface area contributed by atoms with Crippen LogP contribution in [0.15, 0.2) is 59.2 Å². The van der Waals surface area contributed by atoms with E-state index in [-0.39, 0.29) is 6.04 Å². The van der Waals surface area contributed by atoms with Crippen molar-refractivity contribution in [2.75, 3.05) is 0 Å². The van der Waals surface area contributed by atoms with E-state index in [1.807, 2.05) is 24.3 Å². The molecule has 3 aromatic rings. The molecule has 0 aliphatic heterocycles. The molecule has 2 N–H and O–H groups in total. The normalized spacial score (nSPS) is 12.6. The van der Waals surface area contributed by atoms with E-state index in [9.17, 15) is 0 Å². The maximum atomic E-state index is 6.44. The van der Waals surface area contributed by atoms with Crippen LogP contribution in [0.3, 0.4) is 0 Å². The Morgan fingerprint density at radius 1 is 1.10 bits per heavy atom. The SMILES string of the molecule is Cc1c(Br)cccc1C(N)c1ccc2ncccc2c1. The second kappa shape index (κ2) is 5.35. The number of benzene rings is 2. The number of hydrogen-bond acceptors (Lipinski definition) is 2. The molecule has 3 rings (SSSR count). The van der Waals surface area contributed by atoms with E-state index in [0.717, 1.165) is 26.5 Å². The number of nitrogens with zero attached hydrogens (tertiary/aromatic N) is 1. The van der Waals surface area contributed by atoms with Gasteiger partial charge in [-0.25, -0.2) is 0 Å². The van der Waals surface area contributed by atoms with Crippen LogP contribution in [0.25, 0.3) is 10.9 Å². The van der Waals surface area contributed by atoms with Crippen molar-refractivity contribution < 1.29 is 0 Å². The zero-order valence-electron chi connectivity index (χ0n) is 11.2. The van der Waals surface area contributed by atoms with Gasteiger partial charge in [0.1, 0.15) is 0 Å². The monoisotopic (exact) mass is 326 g/mol. The van der Waals surface area contributed by atoms with Gasteiger partial charge in [-0.2, -0.15) is 0 Å². The molecule has 1 heterocycles. The van der Waals surface area contributed by atoms with Gasteiger partial charge in [-0.1, -0.05) is 40.2 Å². The smallest absolute Gasteiger partial charge is 0.0702 e. The Morgan fingerprint density at radius 3 is 2.80 bits per heavy atom. The number of rotatable bonds is 2. The van der Waals surface area contributed by atoms with E-state index in [0.29, 0.717) is 0 Å². The minimum atomic E-state index is -0.128. The standard InChI is InChI=1S/C17H15BrN2/c1-11-14(5-2-6-15(11)18)17(19)13-7-8-16-12(10-13)4-3-9-20-16/h2-10,17H,19H2,1H3. The zero-order chi connectivity index (χ0) is 14.1. The van der Waals surface area contributed by atoms with Crippen LogP contribution >= 0.6 is 15.9 Å². The van der Waals surface area contributed by atoms with Crippen LogP contribution in [-0.4, -0.2) is 4.98 Å². The van der Waals surface area contributed by atoms with Crippen LogP contribution in [0.5, 0.6) is 0 Å². The van der Waals surface area contributed by atoms with Gasteiger partial charge >= 0.3 is 0 Å². The fraction of sp³-hybridized carbons (Fsp3) is 0.118. The Morgan fingerprint density at radius 2 is 1.95 bits per heavy atom. The summed E-state index contributed by atoms with van der Waals surface area (Å²) in [7, 11) is 0. The lowest BCUT2D eigenvalue weighted by Crippen LogP contribution is -2.13. The number of pyridine rings is 1. The van der Waals surface area contributed by atoms with Gasteiger partial charge in [-0.15, -0.1) is 0 Å². The first-order valence-corrected chi connectivity index (χ1v) is 7.31. The van der Waals surface area contributed by atoms with Crippen molar-refractivity contribution in [3.63, 3.8) is 0 Å². The van der Waals surface area contributed by atoms with E-state index in [1.165, 1.54) is 5.56 Å². The molecule has 0 saturated carbocycles. The van der Waals surface area contributed by atoms with Crippen molar-refractivity contribution in [1.82, 2.24) is 4.98 Å². The topological polar surface area (TPSA) is 38.9 Å². The third-order valence-electron chi connectivity index (χ3n) is 3.63. The Balaban J connectivity index is 2.08. The first-order valence-electron chi connectivity index (χ1n) is 6.52. The van der Waals surface area contributed by atoms with Crippen molar-refractivity contribution >= 4 is 26.8 Å². The van der Waals surface area contributed by atoms with Gasteiger partial charge in [-0.05, 0) is 47.9 Å². The summed E-state index contributed by atoms with van der Waals surface area (Å²) in [4.78, 5) is 4.34. The highest BCUT2D eigenvalue weighted by atomic mass is 79.9. The number of hydrogen-bond donors (Lipinski definition) is 1. The first kappa shape index (κ1) is 13.3. The van der Waals surface area contributed by atoms with Gasteiger partial charge in [0.15, 0.2) is 0 Å². The van der Waals surface area contributed by atoms with Crippen molar-refractivity contribution in [2.45, 2.75) is 13.0 Å². The lowest BCUT2D eigenvalue weighted by atomic mass is 9.95. The predicted octanol–water partition coefficient (Wildman–Crippen LogP) is 4.35. The highest BCUT2D eigenvalue weighted by Crippen LogP contribution is 2.28. The molecular formula is C17H15BrN2. The average molecular weight is 327 g/mol. The van der Waals surface area contributed by atoms with Gasteiger partial charge in [0.25, 0.3) is 0 Å². The fourth-order valence-electron chi connectivity index (χ4n) is 2.43. The van der Waals surface area contributed by atoms with Gasteiger partial charge in [0.05, 0.1) is 11.6 Å². The van der Waals surface area contributed by atoms with Crippen LogP contribution in [0, 0.1) is 6.92 Å². The summed E-state index contributed by atoms with van der Waals surface area (Å²) in [6.07, 6.45) is 1.81.